The maximum absolute atomic E-state index is 2.42. The standard InChI is InChI=1S/C13H14/c1-2-6-12-10(4-1)8-9-11-5-3-7-13(11)12/h1-2,4,6,8-9,11,13H,3,5,7H2. The van der Waals surface area contributed by atoms with E-state index in [9.17, 15) is 0 Å². The van der Waals surface area contributed by atoms with E-state index in [1.165, 1.54) is 24.8 Å². The summed E-state index contributed by atoms with van der Waals surface area (Å²) in [4.78, 5) is 0. The molecule has 1 aromatic carbocycles. The maximum atomic E-state index is 2.42. The summed E-state index contributed by atoms with van der Waals surface area (Å²) in [5.74, 6) is 1.68. The highest BCUT2D eigenvalue weighted by Crippen LogP contribution is 2.44. The molecule has 2 unspecified atom stereocenters. The molecule has 1 fully saturated rings. The van der Waals surface area contributed by atoms with Crippen molar-refractivity contribution in [3.05, 3.63) is 41.5 Å². The van der Waals surface area contributed by atoms with Crippen LogP contribution in [-0.2, 0) is 0 Å². The Morgan fingerprint density at radius 2 is 2.00 bits per heavy atom. The summed E-state index contributed by atoms with van der Waals surface area (Å²) in [5.41, 5.74) is 3.04. The summed E-state index contributed by atoms with van der Waals surface area (Å²) < 4.78 is 0. The summed E-state index contributed by atoms with van der Waals surface area (Å²) in [5, 5.41) is 0. The van der Waals surface area contributed by atoms with Gasteiger partial charge in [0.25, 0.3) is 0 Å². The minimum atomic E-state index is 0.834. The molecule has 0 amide bonds. The Morgan fingerprint density at radius 3 is 3.00 bits per heavy atom. The second kappa shape index (κ2) is 2.73. The Bertz CT molecular complexity index is 349. The number of benzene rings is 1. The fourth-order valence-electron chi connectivity index (χ4n) is 2.83. The monoisotopic (exact) mass is 170 g/mol. The van der Waals surface area contributed by atoms with E-state index in [2.05, 4.69) is 36.4 Å². The third-order valence-electron chi connectivity index (χ3n) is 3.49. The molecule has 0 heterocycles. The number of hydrogen-bond acceptors (Lipinski definition) is 0. The summed E-state index contributed by atoms with van der Waals surface area (Å²) in [6.45, 7) is 0. The third kappa shape index (κ3) is 1.05. The van der Waals surface area contributed by atoms with E-state index >= 15 is 0 Å². The average molecular weight is 170 g/mol. The van der Waals surface area contributed by atoms with Crippen LogP contribution in [0, 0.1) is 5.92 Å². The van der Waals surface area contributed by atoms with Crippen LogP contribution in [0.25, 0.3) is 6.08 Å². The highest BCUT2D eigenvalue weighted by atomic mass is 14.3. The van der Waals surface area contributed by atoms with Crippen molar-refractivity contribution in [1.29, 1.82) is 0 Å². The molecule has 0 saturated heterocycles. The zero-order valence-electron chi connectivity index (χ0n) is 7.74. The quantitative estimate of drug-likeness (QED) is 0.558. The smallest absolute Gasteiger partial charge is 0.00930 e. The van der Waals surface area contributed by atoms with E-state index in [-0.39, 0.29) is 0 Å². The van der Waals surface area contributed by atoms with Crippen molar-refractivity contribution in [3.63, 3.8) is 0 Å². The minimum absolute atomic E-state index is 0.834. The summed E-state index contributed by atoms with van der Waals surface area (Å²) in [6.07, 6.45) is 8.93. The second-order valence-corrected chi connectivity index (χ2v) is 4.19. The number of fused-ring (bicyclic) bond motifs is 3. The second-order valence-electron chi connectivity index (χ2n) is 4.19. The first kappa shape index (κ1) is 7.37. The topological polar surface area (TPSA) is 0 Å². The first-order chi connectivity index (χ1) is 6.45. The number of hydrogen-bond donors (Lipinski definition) is 0. The lowest BCUT2D eigenvalue weighted by Gasteiger charge is -2.23. The van der Waals surface area contributed by atoms with E-state index in [0.29, 0.717) is 0 Å². The summed E-state index contributed by atoms with van der Waals surface area (Å²) >= 11 is 0. The zero-order chi connectivity index (χ0) is 8.67. The van der Waals surface area contributed by atoms with E-state index in [0.717, 1.165) is 11.8 Å². The molecule has 0 heteroatoms. The van der Waals surface area contributed by atoms with Crippen LogP contribution in [0.1, 0.15) is 36.3 Å². The Labute approximate surface area is 79.3 Å². The molecule has 0 radical (unpaired) electrons. The van der Waals surface area contributed by atoms with Crippen LogP contribution in [0.2, 0.25) is 0 Å². The van der Waals surface area contributed by atoms with Gasteiger partial charge in [-0.3, -0.25) is 0 Å². The van der Waals surface area contributed by atoms with Gasteiger partial charge in [0.1, 0.15) is 0 Å². The lowest BCUT2D eigenvalue weighted by molar-refractivity contribution is 0.585. The van der Waals surface area contributed by atoms with Crippen molar-refractivity contribution in [2.45, 2.75) is 25.2 Å². The summed E-state index contributed by atoms with van der Waals surface area (Å²) in [6, 6.07) is 8.86. The van der Waals surface area contributed by atoms with Gasteiger partial charge in [0.05, 0.1) is 0 Å². The Morgan fingerprint density at radius 1 is 1.08 bits per heavy atom. The molecule has 0 nitrogen and oxygen atoms in total. The van der Waals surface area contributed by atoms with Gasteiger partial charge in [0, 0.05) is 0 Å². The predicted octanol–water partition coefficient (Wildman–Crippen LogP) is 3.60. The molecule has 3 rings (SSSR count). The maximum Gasteiger partial charge on any atom is -0.00930 e. The largest absolute Gasteiger partial charge is 0.0802 e. The molecular weight excluding hydrogens is 156 g/mol. The molecule has 0 N–H and O–H groups in total. The lowest BCUT2D eigenvalue weighted by atomic mass is 9.82. The highest BCUT2D eigenvalue weighted by Gasteiger charge is 2.29. The molecule has 0 aromatic heterocycles. The van der Waals surface area contributed by atoms with Gasteiger partial charge in [0.2, 0.25) is 0 Å². The molecule has 1 saturated carbocycles. The molecule has 13 heavy (non-hydrogen) atoms. The summed E-state index contributed by atoms with van der Waals surface area (Å²) in [7, 11) is 0. The molecule has 0 aliphatic heterocycles. The van der Waals surface area contributed by atoms with Gasteiger partial charge in [-0.05, 0) is 35.8 Å². The van der Waals surface area contributed by atoms with Gasteiger partial charge in [-0.2, -0.15) is 0 Å². The molecule has 66 valence electrons. The highest BCUT2D eigenvalue weighted by molar-refractivity contribution is 5.58. The van der Waals surface area contributed by atoms with Crippen molar-refractivity contribution < 1.29 is 0 Å². The van der Waals surface area contributed by atoms with Crippen LogP contribution in [0.15, 0.2) is 30.3 Å². The van der Waals surface area contributed by atoms with Crippen LogP contribution in [0.5, 0.6) is 0 Å². The Hall–Kier alpha value is -1.04. The number of rotatable bonds is 0. The van der Waals surface area contributed by atoms with Gasteiger partial charge in [-0.15, -0.1) is 0 Å². The van der Waals surface area contributed by atoms with Crippen LogP contribution >= 0.6 is 0 Å². The van der Waals surface area contributed by atoms with Gasteiger partial charge in [-0.1, -0.05) is 42.8 Å². The van der Waals surface area contributed by atoms with E-state index in [1.807, 2.05) is 0 Å². The lowest BCUT2D eigenvalue weighted by Crippen LogP contribution is -2.08. The first-order valence-corrected chi connectivity index (χ1v) is 5.22. The minimum Gasteiger partial charge on any atom is -0.0802 e. The van der Waals surface area contributed by atoms with Gasteiger partial charge < -0.3 is 0 Å². The molecule has 0 spiro atoms. The van der Waals surface area contributed by atoms with E-state index in [4.69, 9.17) is 0 Å². The molecule has 2 atom stereocenters. The first-order valence-electron chi connectivity index (χ1n) is 5.22. The molecule has 0 bridgehead atoms. The average Bonchev–Trinajstić information content (AvgIpc) is 2.65. The van der Waals surface area contributed by atoms with Gasteiger partial charge in [0.15, 0.2) is 0 Å². The normalized spacial score (nSPS) is 29.8. The van der Waals surface area contributed by atoms with Crippen LogP contribution < -0.4 is 0 Å². The van der Waals surface area contributed by atoms with Crippen LogP contribution in [0.4, 0.5) is 0 Å². The van der Waals surface area contributed by atoms with Crippen molar-refractivity contribution in [3.8, 4) is 0 Å². The predicted molar refractivity (Wildman–Crippen MR) is 55.6 cm³/mol. The SMILES string of the molecule is C1=CC2CCCC2c2ccccc21. The fourth-order valence-corrected chi connectivity index (χ4v) is 2.83. The van der Waals surface area contributed by atoms with Gasteiger partial charge >= 0.3 is 0 Å². The van der Waals surface area contributed by atoms with Crippen molar-refractivity contribution in [1.82, 2.24) is 0 Å². The Balaban J connectivity index is 2.13. The molecule has 1 aromatic rings. The van der Waals surface area contributed by atoms with Crippen LogP contribution in [0.3, 0.4) is 0 Å². The third-order valence-corrected chi connectivity index (χ3v) is 3.49. The van der Waals surface area contributed by atoms with Crippen molar-refractivity contribution in [2.24, 2.45) is 5.92 Å². The molecule has 2 aliphatic carbocycles. The zero-order valence-corrected chi connectivity index (χ0v) is 7.74. The van der Waals surface area contributed by atoms with E-state index < -0.39 is 0 Å². The van der Waals surface area contributed by atoms with E-state index in [1.54, 1.807) is 5.56 Å². The fraction of sp³-hybridized carbons (Fsp3) is 0.385. The molecule has 2 aliphatic rings. The Kier molecular flexibility index (Phi) is 1.55. The van der Waals surface area contributed by atoms with Crippen molar-refractivity contribution in [2.75, 3.05) is 0 Å². The van der Waals surface area contributed by atoms with Crippen LogP contribution in [-0.4, -0.2) is 0 Å². The van der Waals surface area contributed by atoms with Gasteiger partial charge in [-0.25, -0.2) is 0 Å². The number of allylic oxidation sites excluding steroid dienone is 1. The van der Waals surface area contributed by atoms with Crippen molar-refractivity contribution >= 4 is 6.08 Å². The molecular formula is C13H14.